The zero-order valence-electron chi connectivity index (χ0n) is 21.6. The molecule has 0 aromatic carbocycles. The average molecular weight is 481 g/mol. The van der Waals surface area contributed by atoms with Gasteiger partial charge >= 0.3 is 5.97 Å². The van der Waals surface area contributed by atoms with Crippen molar-refractivity contribution in [2.75, 3.05) is 13.1 Å². The van der Waals surface area contributed by atoms with Crippen molar-refractivity contribution in [3.63, 3.8) is 0 Å². The minimum atomic E-state index is -0.687. The number of nitrogens with zero attached hydrogens (tertiary/aromatic N) is 1. The van der Waals surface area contributed by atoms with Crippen LogP contribution in [0.5, 0.6) is 0 Å². The molecule has 0 aromatic heterocycles. The molecular formula is C27H48N2O5. The normalized spacial score (nSPS) is 16.0. The lowest BCUT2D eigenvalue weighted by Crippen LogP contribution is -2.38. The Hall–Kier alpha value is -1.92. The van der Waals surface area contributed by atoms with Gasteiger partial charge in [-0.15, -0.1) is 0 Å². The third-order valence-corrected chi connectivity index (χ3v) is 6.79. The van der Waals surface area contributed by atoms with E-state index in [2.05, 4.69) is 5.32 Å². The van der Waals surface area contributed by atoms with Crippen LogP contribution in [-0.4, -0.2) is 46.8 Å². The molecule has 3 amide bonds. The molecule has 1 unspecified atom stereocenters. The number of rotatable bonds is 21. The molecule has 0 saturated carbocycles. The van der Waals surface area contributed by atoms with Crippen LogP contribution in [-0.2, 0) is 19.2 Å². The van der Waals surface area contributed by atoms with Crippen molar-refractivity contribution in [2.45, 2.75) is 123 Å². The summed E-state index contributed by atoms with van der Waals surface area (Å²) in [6, 6.07) is 0. The van der Waals surface area contributed by atoms with Crippen molar-refractivity contribution >= 4 is 23.7 Å². The number of hydrogen-bond donors (Lipinski definition) is 2. The van der Waals surface area contributed by atoms with Crippen LogP contribution >= 0.6 is 0 Å². The van der Waals surface area contributed by atoms with Gasteiger partial charge in [0.05, 0.1) is 0 Å². The van der Waals surface area contributed by atoms with Crippen LogP contribution in [0.25, 0.3) is 0 Å². The van der Waals surface area contributed by atoms with E-state index in [-0.39, 0.29) is 36.1 Å². The van der Waals surface area contributed by atoms with Crippen molar-refractivity contribution in [3.05, 3.63) is 0 Å². The standard InChI is InChI=1S/C27H48N2O5/c1-22(2)23-21-25(31)29(27(23)34)20-19-28-24(30)17-15-13-11-9-7-5-3-4-6-8-10-12-14-16-18-26(32)33/h22-23H,3-21H2,1-2H3,(H,28,30)(H,32,33). The molecule has 1 fully saturated rings. The molecule has 1 atom stereocenters. The minimum Gasteiger partial charge on any atom is -0.481 e. The first kappa shape index (κ1) is 30.1. The minimum absolute atomic E-state index is 0.00129. The van der Waals surface area contributed by atoms with E-state index in [9.17, 15) is 19.2 Å². The fourth-order valence-corrected chi connectivity index (χ4v) is 4.54. The quantitative estimate of drug-likeness (QED) is 0.168. The zero-order chi connectivity index (χ0) is 25.2. The second-order valence-electron chi connectivity index (χ2n) is 10.1. The number of likely N-dealkylation sites (tertiary alicyclic amines) is 1. The molecule has 34 heavy (non-hydrogen) atoms. The lowest BCUT2D eigenvalue weighted by molar-refractivity contribution is -0.140. The summed E-state index contributed by atoms with van der Waals surface area (Å²) < 4.78 is 0. The Kier molecular flexibility index (Phi) is 16.3. The Balaban J connectivity index is 1.86. The third-order valence-electron chi connectivity index (χ3n) is 6.79. The number of carbonyl (C=O) groups excluding carboxylic acids is 3. The zero-order valence-corrected chi connectivity index (χ0v) is 21.6. The van der Waals surface area contributed by atoms with Gasteiger partial charge in [0.2, 0.25) is 17.7 Å². The molecule has 0 aromatic rings. The van der Waals surface area contributed by atoms with Crippen LogP contribution in [0, 0.1) is 11.8 Å². The SMILES string of the molecule is CC(C)C1CC(=O)N(CCNC(=O)CCCCCCCCCCCCCCCCC(=O)O)C1=O. The number of hydrogen-bond acceptors (Lipinski definition) is 4. The second-order valence-corrected chi connectivity index (χ2v) is 10.1. The molecule has 0 spiro atoms. The molecule has 2 N–H and O–H groups in total. The van der Waals surface area contributed by atoms with Gasteiger partial charge in [-0.05, 0) is 18.8 Å². The van der Waals surface area contributed by atoms with Crippen LogP contribution in [0.2, 0.25) is 0 Å². The van der Waals surface area contributed by atoms with Crippen LogP contribution in [0.15, 0.2) is 0 Å². The van der Waals surface area contributed by atoms with E-state index in [1.54, 1.807) is 0 Å². The van der Waals surface area contributed by atoms with Gasteiger partial charge in [0.1, 0.15) is 0 Å². The molecule has 7 nitrogen and oxygen atoms in total. The lowest BCUT2D eigenvalue weighted by Gasteiger charge is -2.16. The van der Waals surface area contributed by atoms with Gasteiger partial charge in [0.15, 0.2) is 0 Å². The molecule has 0 bridgehead atoms. The van der Waals surface area contributed by atoms with E-state index >= 15 is 0 Å². The summed E-state index contributed by atoms with van der Waals surface area (Å²) in [5, 5.41) is 11.4. The Bertz CT molecular complexity index is 620. The van der Waals surface area contributed by atoms with Gasteiger partial charge in [0.25, 0.3) is 0 Å². The summed E-state index contributed by atoms with van der Waals surface area (Å²) in [6.07, 6.45) is 17.3. The van der Waals surface area contributed by atoms with E-state index in [4.69, 9.17) is 5.11 Å². The van der Waals surface area contributed by atoms with Crippen molar-refractivity contribution in [1.29, 1.82) is 0 Å². The molecule has 0 radical (unpaired) electrons. The number of unbranched alkanes of at least 4 members (excludes halogenated alkanes) is 13. The number of nitrogens with one attached hydrogen (secondary N) is 1. The summed E-state index contributed by atoms with van der Waals surface area (Å²) in [7, 11) is 0. The molecule has 1 rings (SSSR count). The predicted molar refractivity (Wildman–Crippen MR) is 134 cm³/mol. The Morgan fingerprint density at radius 2 is 1.26 bits per heavy atom. The monoisotopic (exact) mass is 480 g/mol. The summed E-state index contributed by atoms with van der Waals surface area (Å²) in [4.78, 5) is 48.0. The molecule has 7 heteroatoms. The molecule has 1 heterocycles. The van der Waals surface area contributed by atoms with Crippen LogP contribution in [0.1, 0.15) is 123 Å². The number of carboxylic acids is 1. The van der Waals surface area contributed by atoms with Gasteiger partial charge in [-0.25, -0.2) is 0 Å². The predicted octanol–water partition coefficient (Wildman–Crippen LogP) is 5.46. The average Bonchev–Trinajstić information content (AvgIpc) is 3.07. The van der Waals surface area contributed by atoms with Crippen molar-refractivity contribution in [2.24, 2.45) is 11.8 Å². The number of aliphatic carboxylic acids is 1. The molecule has 196 valence electrons. The van der Waals surface area contributed by atoms with Crippen LogP contribution in [0.3, 0.4) is 0 Å². The maximum absolute atomic E-state index is 12.3. The number of carboxylic acid groups (broad SMARTS) is 1. The largest absolute Gasteiger partial charge is 0.481 e. The number of amides is 3. The van der Waals surface area contributed by atoms with E-state index in [1.165, 1.54) is 56.3 Å². The Morgan fingerprint density at radius 3 is 1.68 bits per heavy atom. The van der Waals surface area contributed by atoms with Crippen molar-refractivity contribution in [3.8, 4) is 0 Å². The highest BCUT2D eigenvalue weighted by molar-refractivity contribution is 6.03. The summed E-state index contributed by atoms with van der Waals surface area (Å²) in [5.41, 5.74) is 0. The fraction of sp³-hybridized carbons (Fsp3) is 0.852. The second kappa shape index (κ2) is 18.4. The van der Waals surface area contributed by atoms with Crippen LogP contribution < -0.4 is 5.32 Å². The maximum Gasteiger partial charge on any atom is 0.303 e. The Morgan fingerprint density at radius 1 is 0.824 bits per heavy atom. The highest BCUT2D eigenvalue weighted by Crippen LogP contribution is 2.25. The van der Waals surface area contributed by atoms with E-state index < -0.39 is 5.97 Å². The third kappa shape index (κ3) is 13.7. The molecular weight excluding hydrogens is 432 g/mol. The number of carbonyl (C=O) groups is 4. The first-order chi connectivity index (χ1) is 16.3. The van der Waals surface area contributed by atoms with Gasteiger partial charge in [-0.2, -0.15) is 0 Å². The fourth-order valence-electron chi connectivity index (χ4n) is 4.54. The topological polar surface area (TPSA) is 104 Å². The first-order valence-corrected chi connectivity index (χ1v) is 13.7. The van der Waals surface area contributed by atoms with Crippen LogP contribution in [0.4, 0.5) is 0 Å². The number of imide groups is 1. The van der Waals surface area contributed by atoms with E-state index in [1.807, 2.05) is 13.8 Å². The molecule has 1 saturated heterocycles. The van der Waals surface area contributed by atoms with Crippen molar-refractivity contribution in [1.82, 2.24) is 10.2 Å². The smallest absolute Gasteiger partial charge is 0.303 e. The van der Waals surface area contributed by atoms with Gasteiger partial charge in [-0.1, -0.05) is 90.9 Å². The van der Waals surface area contributed by atoms with Crippen molar-refractivity contribution < 1.29 is 24.3 Å². The van der Waals surface area contributed by atoms with E-state index in [0.717, 1.165) is 38.5 Å². The summed E-state index contributed by atoms with van der Waals surface area (Å²) in [5.74, 6) is -0.956. The Labute approximate surface area is 206 Å². The highest BCUT2D eigenvalue weighted by atomic mass is 16.4. The molecule has 0 aliphatic carbocycles. The van der Waals surface area contributed by atoms with E-state index in [0.29, 0.717) is 25.8 Å². The highest BCUT2D eigenvalue weighted by Gasteiger charge is 2.39. The van der Waals surface area contributed by atoms with Gasteiger partial charge in [0, 0.05) is 38.3 Å². The molecule has 1 aliphatic heterocycles. The van der Waals surface area contributed by atoms with Gasteiger partial charge in [-0.3, -0.25) is 24.1 Å². The first-order valence-electron chi connectivity index (χ1n) is 13.7. The summed E-state index contributed by atoms with van der Waals surface area (Å²) in [6.45, 7) is 4.53. The maximum atomic E-state index is 12.3. The molecule has 1 aliphatic rings. The lowest BCUT2D eigenvalue weighted by atomic mass is 9.94. The van der Waals surface area contributed by atoms with Gasteiger partial charge < -0.3 is 10.4 Å². The summed E-state index contributed by atoms with van der Waals surface area (Å²) >= 11 is 0.